The number of aryl methyl sites for hydroxylation is 1. The van der Waals surface area contributed by atoms with Crippen molar-refractivity contribution in [1.82, 2.24) is 5.32 Å². The van der Waals surface area contributed by atoms with E-state index in [4.69, 9.17) is 0 Å². The Bertz CT molecular complexity index is 535. The van der Waals surface area contributed by atoms with E-state index >= 15 is 0 Å². The standard InChI is InChI=1S/C17H22FNS/c1-3-16-8-9-17(20-16)12-15(19-4-2)11-13-6-5-7-14(18)10-13/h5-10,15,19H,3-4,11-12H2,1-2H3. The Kier molecular flexibility index (Phi) is 5.74. The predicted octanol–water partition coefficient (Wildman–Crippen LogP) is 4.21. The van der Waals surface area contributed by atoms with Crippen molar-refractivity contribution in [1.29, 1.82) is 0 Å². The highest BCUT2D eigenvalue weighted by Gasteiger charge is 2.11. The second kappa shape index (κ2) is 7.55. The molecule has 3 heteroatoms. The normalized spacial score (nSPS) is 12.6. The van der Waals surface area contributed by atoms with Gasteiger partial charge in [0.1, 0.15) is 5.82 Å². The highest BCUT2D eigenvalue weighted by Crippen LogP contribution is 2.19. The van der Waals surface area contributed by atoms with Gasteiger partial charge < -0.3 is 5.32 Å². The molecule has 0 fully saturated rings. The maximum Gasteiger partial charge on any atom is 0.123 e. The van der Waals surface area contributed by atoms with Crippen molar-refractivity contribution in [2.24, 2.45) is 0 Å². The van der Waals surface area contributed by atoms with Gasteiger partial charge in [-0.2, -0.15) is 0 Å². The lowest BCUT2D eigenvalue weighted by Gasteiger charge is -2.17. The monoisotopic (exact) mass is 291 g/mol. The fourth-order valence-electron chi connectivity index (χ4n) is 2.42. The van der Waals surface area contributed by atoms with Crippen molar-refractivity contribution in [3.05, 3.63) is 57.5 Å². The van der Waals surface area contributed by atoms with Crippen LogP contribution in [0.25, 0.3) is 0 Å². The Morgan fingerprint density at radius 3 is 2.55 bits per heavy atom. The molecule has 1 aromatic carbocycles. The Balaban J connectivity index is 2.02. The summed E-state index contributed by atoms with van der Waals surface area (Å²) in [6.07, 6.45) is 2.97. The average Bonchev–Trinajstić information content (AvgIpc) is 2.87. The van der Waals surface area contributed by atoms with Crippen molar-refractivity contribution in [3.63, 3.8) is 0 Å². The lowest BCUT2D eigenvalue weighted by molar-refractivity contribution is 0.522. The number of halogens is 1. The summed E-state index contributed by atoms with van der Waals surface area (Å²) in [5.74, 6) is -0.151. The van der Waals surface area contributed by atoms with Crippen LogP contribution in [-0.4, -0.2) is 12.6 Å². The number of rotatable bonds is 7. The van der Waals surface area contributed by atoms with Crippen LogP contribution in [0.3, 0.4) is 0 Å². The van der Waals surface area contributed by atoms with Gasteiger partial charge in [-0.25, -0.2) is 4.39 Å². The molecule has 1 heterocycles. The molecule has 0 amide bonds. The summed E-state index contributed by atoms with van der Waals surface area (Å²) in [6.45, 7) is 5.24. The van der Waals surface area contributed by atoms with E-state index in [9.17, 15) is 4.39 Å². The Morgan fingerprint density at radius 2 is 1.90 bits per heavy atom. The zero-order chi connectivity index (χ0) is 14.4. The van der Waals surface area contributed by atoms with E-state index in [1.807, 2.05) is 17.4 Å². The van der Waals surface area contributed by atoms with Crippen molar-refractivity contribution in [2.75, 3.05) is 6.54 Å². The van der Waals surface area contributed by atoms with Crippen LogP contribution >= 0.6 is 11.3 Å². The second-order valence-corrected chi connectivity index (χ2v) is 6.27. The van der Waals surface area contributed by atoms with Crippen molar-refractivity contribution in [3.8, 4) is 0 Å². The Labute approximate surface area is 124 Å². The van der Waals surface area contributed by atoms with Gasteiger partial charge in [0, 0.05) is 15.8 Å². The van der Waals surface area contributed by atoms with Gasteiger partial charge in [0.2, 0.25) is 0 Å². The quantitative estimate of drug-likeness (QED) is 0.805. The van der Waals surface area contributed by atoms with Crippen LogP contribution in [-0.2, 0) is 19.3 Å². The molecular weight excluding hydrogens is 269 g/mol. The third-order valence-corrected chi connectivity index (χ3v) is 4.63. The van der Waals surface area contributed by atoms with E-state index in [0.717, 1.165) is 31.4 Å². The zero-order valence-electron chi connectivity index (χ0n) is 12.2. The summed E-state index contributed by atoms with van der Waals surface area (Å²) in [6, 6.07) is 11.7. The van der Waals surface area contributed by atoms with E-state index < -0.39 is 0 Å². The highest BCUT2D eigenvalue weighted by atomic mass is 32.1. The van der Waals surface area contributed by atoms with Crippen LogP contribution < -0.4 is 5.32 Å². The maximum atomic E-state index is 13.3. The fourth-order valence-corrected chi connectivity index (χ4v) is 3.46. The van der Waals surface area contributed by atoms with Crippen LogP contribution in [0.15, 0.2) is 36.4 Å². The van der Waals surface area contributed by atoms with E-state index in [-0.39, 0.29) is 5.82 Å². The average molecular weight is 291 g/mol. The molecule has 1 unspecified atom stereocenters. The summed E-state index contributed by atoms with van der Waals surface area (Å²) in [7, 11) is 0. The van der Waals surface area contributed by atoms with Gasteiger partial charge in [0.05, 0.1) is 0 Å². The largest absolute Gasteiger partial charge is 0.314 e. The van der Waals surface area contributed by atoms with E-state index in [1.54, 1.807) is 12.1 Å². The zero-order valence-corrected chi connectivity index (χ0v) is 13.0. The first-order valence-corrected chi connectivity index (χ1v) is 8.08. The minimum atomic E-state index is -0.151. The van der Waals surface area contributed by atoms with Crippen LogP contribution in [0.1, 0.15) is 29.2 Å². The molecule has 0 aliphatic heterocycles. The third kappa shape index (κ3) is 4.43. The molecular formula is C17H22FNS. The smallest absolute Gasteiger partial charge is 0.123 e. The SMILES string of the molecule is CCNC(Cc1cccc(F)c1)Cc1ccc(CC)s1. The van der Waals surface area contributed by atoms with Gasteiger partial charge in [0.15, 0.2) is 0 Å². The molecule has 0 bridgehead atoms. The maximum absolute atomic E-state index is 13.3. The Morgan fingerprint density at radius 1 is 1.10 bits per heavy atom. The summed E-state index contributed by atoms with van der Waals surface area (Å²) in [5, 5.41) is 3.51. The molecule has 108 valence electrons. The molecule has 20 heavy (non-hydrogen) atoms. The fraction of sp³-hybridized carbons (Fsp3) is 0.412. The number of benzene rings is 1. The van der Waals surface area contributed by atoms with Gasteiger partial charge >= 0.3 is 0 Å². The molecule has 0 aliphatic rings. The second-order valence-electron chi connectivity index (χ2n) is 5.01. The van der Waals surface area contributed by atoms with Crippen LogP contribution in [0.4, 0.5) is 4.39 Å². The molecule has 0 radical (unpaired) electrons. The van der Waals surface area contributed by atoms with Crippen molar-refractivity contribution in [2.45, 2.75) is 39.2 Å². The van der Waals surface area contributed by atoms with Crippen LogP contribution in [0.5, 0.6) is 0 Å². The molecule has 0 saturated heterocycles. The third-order valence-electron chi connectivity index (χ3n) is 3.38. The van der Waals surface area contributed by atoms with Crippen LogP contribution in [0.2, 0.25) is 0 Å². The van der Waals surface area contributed by atoms with Gasteiger partial charge in [-0.15, -0.1) is 11.3 Å². The van der Waals surface area contributed by atoms with Gasteiger partial charge in [-0.05, 0) is 55.6 Å². The highest BCUT2D eigenvalue weighted by molar-refractivity contribution is 7.11. The summed E-state index contributed by atoms with van der Waals surface area (Å²) in [4.78, 5) is 2.84. The van der Waals surface area contributed by atoms with E-state index in [0.29, 0.717) is 6.04 Å². The number of likely N-dealkylation sites (N-methyl/N-ethyl adjacent to an activating group) is 1. The number of hydrogen-bond donors (Lipinski definition) is 1. The predicted molar refractivity (Wildman–Crippen MR) is 85.0 cm³/mol. The first kappa shape index (κ1) is 15.2. The molecule has 0 aliphatic carbocycles. The van der Waals surface area contributed by atoms with Crippen molar-refractivity contribution >= 4 is 11.3 Å². The summed E-state index contributed by atoms with van der Waals surface area (Å²) < 4.78 is 13.3. The lowest BCUT2D eigenvalue weighted by atomic mass is 10.0. The minimum absolute atomic E-state index is 0.151. The first-order valence-electron chi connectivity index (χ1n) is 7.26. The number of nitrogens with one attached hydrogen (secondary N) is 1. The topological polar surface area (TPSA) is 12.0 Å². The number of hydrogen-bond acceptors (Lipinski definition) is 2. The number of thiophene rings is 1. The molecule has 0 saturated carbocycles. The Hall–Kier alpha value is -1.19. The molecule has 2 aromatic rings. The molecule has 2 rings (SSSR count). The van der Waals surface area contributed by atoms with Crippen LogP contribution in [0, 0.1) is 5.82 Å². The minimum Gasteiger partial charge on any atom is -0.314 e. The van der Waals surface area contributed by atoms with E-state index in [2.05, 4.69) is 31.3 Å². The van der Waals surface area contributed by atoms with E-state index in [1.165, 1.54) is 15.8 Å². The van der Waals surface area contributed by atoms with Crippen molar-refractivity contribution < 1.29 is 4.39 Å². The molecule has 0 spiro atoms. The lowest BCUT2D eigenvalue weighted by Crippen LogP contribution is -2.32. The molecule has 1 aromatic heterocycles. The van der Waals surface area contributed by atoms with Gasteiger partial charge in [0.25, 0.3) is 0 Å². The molecule has 1 nitrogen and oxygen atoms in total. The first-order chi connectivity index (χ1) is 9.71. The summed E-state index contributed by atoms with van der Waals surface area (Å²) in [5.41, 5.74) is 1.06. The molecule has 1 N–H and O–H groups in total. The van der Waals surface area contributed by atoms with Gasteiger partial charge in [-0.1, -0.05) is 26.0 Å². The van der Waals surface area contributed by atoms with Gasteiger partial charge in [-0.3, -0.25) is 0 Å². The summed E-state index contributed by atoms with van der Waals surface area (Å²) >= 11 is 1.89. The molecule has 1 atom stereocenters.